The first-order valence-electron chi connectivity index (χ1n) is 8.31. The fourth-order valence-electron chi connectivity index (χ4n) is 2.57. The molecule has 0 spiro atoms. The molecule has 21 heavy (non-hydrogen) atoms. The number of hydrogen-bond acceptors (Lipinski definition) is 4. The molecule has 0 atom stereocenters. The average Bonchev–Trinajstić information content (AvgIpc) is 2.43. The van der Waals surface area contributed by atoms with Crippen molar-refractivity contribution in [2.45, 2.75) is 73.1 Å². The Balaban J connectivity index is 5.01. The van der Waals surface area contributed by atoms with Gasteiger partial charge in [-0.05, 0) is 26.2 Å². The lowest BCUT2D eigenvalue weighted by atomic mass is 9.73. The van der Waals surface area contributed by atoms with E-state index in [1.165, 1.54) is 12.8 Å². The lowest BCUT2D eigenvalue weighted by Crippen LogP contribution is -2.46. The molecule has 0 N–H and O–H groups in total. The molecule has 0 unspecified atom stereocenters. The maximum absolute atomic E-state index is 12.4. The van der Waals surface area contributed by atoms with E-state index < -0.39 is 17.4 Å². The van der Waals surface area contributed by atoms with Gasteiger partial charge >= 0.3 is 11.9 Å². The van der Waals surface area contributed by atoms with E-state index in [0.29, 0.717) is 6.42 Å². The fraction of sp³-hybridized carbons (Fsp3) is 0.882. The van der Waals surface area contributed by atoms with Crippen molar-refractivity contribution in [3.63, 3.8) is 0 Å². The van der Waals surface area contributed by atoms with Crippen LogP contribution in [-0.4, -0.2) is 25.2 Å². The first-order chi connectivity index (χ1) is 9.97. The minimum Gasteiger partial charge on any atom is -0.465 e. The molecule has 0 aliphatic rings. The van der Waals surface area contributed by atoms with Gasteiger partial charge in [0.1, 0.15) is 0 Å². The lowest BCUT2D eigenvalue weighted by molar-refractivity contribution is -0.176. The van der Waals surface area contributed by atoms with Crippen molar-refractivity contribution in [3.8, 4) is 0 Å². The van der Waals surface area contributed by atoms with Crippen molar-refractivity contribution in [3.05, 3.63) is 0 Å². The first-order valence-corrected chi connectivity index (χ1v) is 8.31. The molecule has 0 aliphatic carbocycles. The Bertz CT molecular complexity index is 292. The van der Waals surface area contributed by atoms with E-state index in [-0.39, 0.29) is 19.1 Å². The van der Waals surface area contributed by atoms with Crippen LogP contribution in [0.25, 0.3) is 0 Å². The molecular formula is C17H32O4. The van der Waals surface area contributed by atoms with Gasteiger partial charge in [-0.3, -0.25) is 9.59 Å². The summed E-state index contributed by atoms with van der Waals surface area (Å²) in [7, 11) is 0. The van der Waals surface area contributed by atoms with Crippen LogP contribution in [0.1, 0.15) is 73.1 Å². The maximum Gasteiger partial charge on any atom is 0.323 e. The van der Waals surface area contributed by atoms with Gasteiger partial charge in [0.2, 0.25) is 0 Å². The maximum atomic E-state index is 12.4. The molecule has 0 bridgehead atoms. The van der Waals surface area contributed by atoms with Crippen LogP contribution < -0.4 is 0 Å². The molecule has 0 aromatic rings. The van der Waals surface area contributed by atoms with Crippen molar-refractivity contribution in [1.82, 2.24) is 0 Å². The van der Waals surface area contributed by atoms with Crippen LogP contribution in [0.4, 0.5) is 0 Å². The van der Waals surface area contributed by atoms with Gasteiger partial charge < -0.3 is 9.47 Å². The van der Waals surface area contributed by atoms with Crippen LogP contribution in [0.2, 0.25) is 0 Å². The van der Waals surface area contributed by atoms with Crippen molar-refractivity contribution >= 4 is 11.9 Å². The third kappa shape index (κ3) is 5.68. The zero-order valence-electron chi connectivity index (χ0n) is 14.4. The number of hydrogen-bond donors (Lipinski definition) is 0. The Morgan fingerprint density at radius 3 is 1.71 bits per heavy atom. The van der Waals surface area contributed by atoms with Crippen LogP contribution in [-0.2, 0) is 19.1 Å². The molecule has 0 amide bonds. The summed E-state index contributed by atoms with van der Waals surface area (Å²) < 4.78 is 10.3. The van der Waals surface area contributed by atoms with Gasteiger partial charge in [-0.25, -0.2) is 0 Å². The summed E-state index contributed by atoms with van der Waals surface area (Å²) in [5.41, 5.74) is -1.15. The second-order valence-corrected chi connectivity index (χ2v) is 5.73. The molecule has 0 radical (unpaired) electrons. The van der Waals surface area contributed by atoms with Gasteiger partial charge in [-0.1, -0.05) is 52.9 Å². The molecule has 0 fully saturated rings. The summed E-state index contributed by atoms with van der Waals surface area (Å²) >= 11 is 0. The van der Waals surface area contributed by atoms with Crippen LogP contribution in [0, 0.1) is 11.3 Å². The van der Waals surface area contributed by atoms with Gasteiger partial charge in [0.15, 0.2) is 5.41 Å². The van der Waals surface area contributed by atoms with Gasteiger partial charge in [-0.15, -0.1) is 0 Å². The highest BCUT2D eigenvalue weighted by atomic mass is 16.6. The van der Waals surface area contributed by atoms with Crippen LogP contribution >= 0.6 is 0 Å². The summed E-state index contributed by atoms with van der Waals surface area (Å²) in [6.07, 6.45) is 5.87. The lowest BCUT2D eigenvalue weighted by Gasteiger charge is -2.32. The Hall–Kier alpha value is -1.06. The predicted molar refractivity (Wildman–Crippen MR) is 83.9 cm³/mol. The second-order valence-electron chi connectivity index (χ2n) is 5.73. The van der Waals surface area contributed by atoms with Crippen molar-refractivity contribution in [1.29, 1.82) is 0 Å². The molecule has 0 rings (SSSR count). The van der Waals surface area contributed by atoms with Crippen LogP contribution in [0.5, 0.6) is 0 Å². The molecule has 0 saturated carbocycles. The van der Waals surface area contributed by atoms with E-state index in [1.807, 2.05) is 13.8 Å². The van der Waals surface area contributed by atoms with Gasteiger partial charge in [0, 0.05) is 0 Å². The fourth-order valence-corrected chi connectivity index (χ4v) is 2.57. The SMILES string of the molecule is CCCCCCCC(C(=O)OCC)(C(=O)OCC)C(C)C. The van der Waals surface area contributed by atoms with E-state index in [1.54, 1.807) is 13.8 Å². The number of esters is 2. The van der Waals surface area contributed by atoms with Gasteiger partial charge in [0.05, 0.1) is 13.2 Å². The van der Waals surface area contributed by atoms with Crippen LogP contribution in [0.3, 0.4) is 0 Å². The Labute approximate surface area is 129 Å². The highest BCUT2D eigenvalue weighted by Crippen LogP contribution is 2.37. The molecule has 0 aromatic heterocycles. The van der Waals surface area contributed by atoms with E-state index >= 15 is 0 Å². The number of carbonyl (C=O) groups excluding carboxylic acids is 2. The standard InChI is InChI=1S/C17H32O4/c1-6-9-10-11-12-13-17(14(4)5,15(18)20-7-2)16(19)21-8-3/h14H,6-13H2,1-5H3. The van der Waals surface area contributed by atoms with Crippen molar-refractivity contribution < 1.29 is 19.1 Å². The molecule has 0 aromatic carbocycles. The zero-order valence-corrected chi connectivity index (χ0v) is 14.4. The summed E-state index contributed by atoms with van der Waals surface area (Å²) in [6, 6.07) is 0. The summed E-state index contributed by atoms with van der Waals surface area (Å²) in [5.74, 6) is -1.01. The molecule has 0 saturated heterocycles. The summed E-state index contributed by atoms with van der Waals surface area (Å²) in [6.45, 7) is 10.0. The number of rotatable bonds is 11. The Kier molecular flexibility index (Phi) is 10.1. The molecule has 0 heterocycles. The zero-order chi connectivity index (χ0) is 16.3. The quantitative estimate of drug-likeness (QED) is 0.327. The summed E-state index contributed by atoms with van der Waals surface area (Å²) in [5, 5.41) is 0. The van der Waals surface area contributed by atoms with E-state index in [4.69, 9.17) is 9.47 Å². The predicted octanol–water partition coefficient (Wildman–Crippen LogP) is 4.12. The smallest absolute Gasteiger partial charge is 0.323 e. The minimum atomic E-state index is -1.15. The first kappa shape index (κ1) is 19.9. The monoisotopic (exact) mass is 300 g/mol. The van der Waals surface area contributed by atoms with E-state index in [0.717, 1.165) is 19.3 Å². The largest absolute Gasteiger partial charge is 0.465 e. The average molecular weight is 300 g/mol. The highest BCUT2D eigenvalue weighted by Gasteiger charge is 2.50. The van der Waals surface area contributed by atoms with Crippen molar-refractivity contribution in [2.24, 2.45) is 11.3 Å². The topological polar surface area (TPSA) is 52.6 Å². The summed E-state index contributed by atoms with van der Waals surface area (Å²) in [4.78, 5) is 24.8. The van der Waals surface area contributed by atoms with Crippen LogP contribution in [0.15, 0.2) is 0 Å². The second kappa shape index (κ2) is 10.6. The molecular weight excluding hydrogens is 268 g/mol. The molecule has 0 aliphatic heterocycles. The normalized spacial score (nSPS) is 11.5. The third-order valence-corrected chi connectivity index (χ3v) is 3.94. The van der Waals surface area contributed by atoms with E-state index in [9.17, 15) is 9.59 Å². The van der Waals surface area contributed by atoms with Gasteiger partial charge in [0.25, 0.3) is 0 Å². The highest BCUT2D eigenvalue weighted by molar-refractivity contribution is 6.00. The molecule has 4 heteroatoms. The minimum absolute atomic E-state index is 0.137. The number of unbranched alkanes of at least 4 members (excludes halogenated alkanes) is 4. The molecule has 4 nitrogen and oxygen atoms in total. The van der Waals surface area contributed by atoms with Gasteiger partial charge in [-0.2, -0.15) is 0 Å². The van der Waals surface area contributed by atoms with E-state index in [2.05, 4.69) is 6.92 Å². The Morgan fingerprint density at radius 1 is 0.857 bits per heavy atom. The molecule has 124 valence electrons. The third-order valence-electron chi connectivity index (χ3n) is 3.94. The number of carbonyl (C=O) groups is 2. The van der Waals surface area contributed by atoms with Crippen molar-refractivity contribution in [2.75, 3.05) is 13.2 Å². The number of ether oxygens (including phenoxy) is 2. The Morgan fingerprint density at radius 2 is 1.33 bits per heavy atom.